The number of imidazole rings is 1. The number of hydrogen-bond donors (Lipinski definition) is 1. The van der Waals surface area contributed by atoms with Crippen LogP contribution in [0.1, 0.15) is 45.7 Å². The van der Waals surface area contributed by atoms with Crippen molar-refractivity contribution in [3.05, 3.63) is 42.5 Å². The van der Waals surface area contributed by atoms with Crippen LogP contribution in [0.5, 0.6) is 0 Å². The Kier molecular flexibility index (Phi) is 5.66. The molecule has 0 bridgehead atoms. The first kappa shape index (κ1) is 18.1. The highest BCUT2D eigenvalue weighted by molar-refractivity contribution is 6.02. The van der Waals surface area contributed by atoms with E-state index in [2.05, 4.69) is 65.2 Å². The number of unbranched alkanes of at least 4 members (excludes halogenated alkanes) is 1. The summed E-state index contributed by atoms with van der Waals surface area (Å²) in [6.45, 7) is 7.31. The second-order valence-electron chi connectivity index (χ2n) is 6.62. The lowest BCUT2D eigenvalue weighted by molar-refractivity contribution is 0.808. The van der Waals surface area contributed by atoms with Gasteiger partial charge in [-0.15, -0.1) is 0 Å². The molecule has 0 fully saturated rings. The number of allylic oxidation sites excluding steroid dienone is 2. The largest absolute Gasteiger partial charge is 0.334 e. The summed E-state index contributed by atoms with van der Waals surface area (Å²) in [4.78, 5) is 8.88. The molecule has 5 heteroatoms. The summed E-state index contributed by atoms with van der Waals surface area (Å²) in [5.41, 5.74) is 6.56. The molecule has 0 saturated carbocycles. The Morgan fingerprint density at radius 3 is 2.85 bits per heavy atom. The molecule has 2 aromatic heterocycles. The molecule has 0 unspecified atom stereocenters. The van der Waals surface area contributed by atoms with Crippen LogP contribution in [-0.2, 0) is 7.05 Å². The maximum atomic E-state index is 4.65. The van der Waals surface area contributed by atoms with Crippen molar-refractivity contribution in [3.63, 3.8) is 0 Å². The lowest BCUT2D eigenvalue weighted by atomic mass is 10.0. The van der Waals surface area contributed by atoms with Crippen molar-refractivity contribution in [2.75, 3.05) is 6.54 Å². The highest BCUT2D eigenvalue weighted by Crippen LogP contribution is 2.29. The average molecular weight is 349 g/mol. The molecule has 0 radical (unpaired) electrons. The van der Waals surface area contributed by atoms with Crippen LogP contribution in [0.3, 0.4) is 0 Å². The van der Waals surface area contributed by atoms with Gasteiger partial charge in [0.2, 0.25) is 0 Å². The van der Waals surface area contributed by atoms with Crippen molar-refractivity contribution in [2.45, 2.75) is 40.0 Å². The van der Waals surface area contributed by atoms with Crippen LogP contribution in [-0.4, -0.2) is 32.0 Å². The first-order chi connectivity index (χ1) is 12.6. The summed E-state index contributed by atoms with van der Waals surface area (Å²) >= 11 is 0. The fourth-order valence-corrected chi connectivity index (χ4v) is 3.10. The van der Waals surface area contributed by atoms with Gasteiger partial charge < -0.3 is 4.57 Å². The van der Waals surface area contributed by atoms with E-state index in [0.29, 0.717) is 0 Å². The summed E-state index contributed by atoms with van der Waals surface area (Å²) in [7, 11) is 2.01. The molecule has 0 saturated heterocycles. The van der Waals surface area contributed by atoms with Gasteiger partial charge in [0.05, 0.1) is 29.4 Å². The van der Waals surface area contributed by atoms with Crippen LogP contribution in [0, 0.1) is 0 Å². The number of fused-ring (bicyclic) bond motifs is 1. The molecule has 3 rings (SSSR count). The Morgan fingerprint density at radius 2 is 2.15 bits per heavy atom. The second kappa shape index (κ2) is 8.13. The standard InChI is InChI=1S/C21H27N5/c1-5-7-10-23-15(3)11-16(6-2)21-18-12-17(8-9-19(18)24-25-21)20-13-22-14-26(20)4/h8-9,11-14H,5-7,10H2,1-4H3,(H,24,25)/b16-11+,23-15?. The number of benzene rings is 1. The Bertz CT molecular complexity index is 942. The predicted octanol–water partition coefficient (Wildman–Crippen LogP) is 5.02. The zero-order valence-electron chi connectivity index (χ0n) is 16.1. The molecule has 0 aliphatic carbocycles. The van der Waals surface area contributed by atoms with E-state index < -0.39 is 0 Å². The summed E-state index contributed by atoms with van der Waals surface area (Å²) in [5.74, 6) is 0. The minimum absolute atomic E-state index is 0.891. The van der Waals surface area contributed by atoms with E-state index >= 15 is 0 Å². The number of nitrogens with one attached hydrogen (secondary N) is 1. The topological polar surface area (TPSA) is 58.9 Å². The number of H-pyrrole nitrogens is 1. The predicted molar refractivity (Wildman–Crippen MR) is 109 cm³/mol. The van der Waals surface area contributed by atoms with Crippen molar-refractivity contribution in [3.8, 4) is 11.3 Å². The minimum atomic E-state index is 0.891. The van der Waals surface area contributed by atoms with E-state index in [1.54, 1.807) is 0 Å². The molecule has 0 atom stereocenters. The molecule has 26 heavy (non-hydrogen) atoms. The van der Waals surface area contributed by atoms with Crippen LogP contribution in [0.2, 0.25) is 0 Å². The molecule has 5 nitrogen and oxygen atoms in total. The minimum Gasteiger partial charge on any atom is -0.334 e. The number of aromatic nitrogens is 4. The van der Waals surface area contributed by atoms with Gasteiger partial charge in [-0.25, -0.2) is 4.98 Å². The fraction of sp³-hybridized carbons (Fsp3) is 0.381. The third-order valence-electron chi connectivity index (χ3n) is 4.62. The summed E-state index contributed by atoms with van der Waals surface area (Å²) in [6.07, 6.45) is 9.10. The van der Waals surface area contributed by atoms with Gasteiger partial charge in [0.1, 0.15) is 0 Å². The van der Waals surface area contributed by atoms with Gasteiger partial charge in [-0.3, -0.25) is 10.1 Å². The average Bonchev–Trinajstić information content (AvgIpc) is 3.25. The lowest BCUT2D eigenvalue weighted by Gasteiger charge is -2.05. The Hall–Kier alpha value is -2.69. The molecule has 136 valence electrons. The van der Waals surface area contributed by atoms with Gasteiger partial charge >= 0.3 is 0 Å². The zero-order valence-corrected chi connectivity index (χ0v) is 16.1. The van der Waals surface area contributed by atoms with E-state index in [1.807, 2.05) is 24.1 Å². The van der Waals surface area contributed by atoms with Crippen molar-refractivity contribution in [1.82, 2.24) is 19.7 Å². The summed E-state index contributed by atoms with van der Waals surface area (Å²) in [6, 6.07) is 6.38. The number of rotatable bonds is 7. The van der Waals surface area contributed by atoms with Gasteiger partial charge in [-0.2, -0.15) is 5.10 Å². The van der Waals surface area contributed by atoms with Crippen molar-refractivity contribution < 1.29 is 0 Å². The van der Waals surface area contributed by atoms with Crippen LogP contribution in [0.4, 0.5) is 0 Å². The quantitative estimate of drug-likeness (QED) is 0.481. The van der Waals surface area contributed by atoms with Crippen molar-refractivity contribution in [1.29, 1.82) is 0 Å². The van der Waals surface area contributed by atoms with Crippen molar-refractivity contribution >= 4 is 22.2 Å². The van der Waals surface area contributed by atoms with Crippen LogP contribution in [0.25, 0.3) is 27.7 Å². The molecule has 0 aliphatic rings. The molecule has 1 aromatic carbocycles. The number of hydrogen-bond acceptors (Lipinski definition) is 3. The van der Waals surface area contributed by atoms with Gasteiger partial charge in [-0.05, 0) is 43.5 Å². The number of aryl methyl sites for hydroxylation is 1. The molecular weight excluding hydrogens is 322 g/mol. The first-order valence-corrected chi connectivity index (χ1v) is 9.30. The van der Waals surface area contributed by atoms with Crippen molar-refractivity contribution in [2.24, 2.45) is 12.0 Å². The van der Waals surface area contributed by atoms with Gasteiger partial charge in [0, 0.05) is 30.3 Å². The van der Waals surface area contributed by atoms with E-state index in [-0.39, 0.29) is 0 Å². The normalized spacial score (nSPS) is 12.9. The third-order valence-corrected chi connectivity index (χ3v) is 4.62. The highest BCUT2D eigenvalue weighted by atomic mass is 15.1. The van der Waals surface area contributed by atoms with E-state index in [0.717, 1.165) is 53.0 Å². The Morgan fingerprint density at radius 1 is 1.31 bits per heavy atom. The maximum Gasteiger partial charge on any atom is 0.0959 e. The molecule has 0 amide bonds. The van der Waals surface area contributed by atoms with Gasteiger partial charge in [0.15, 0.2) is 0 Å². The smallest absolute Gasteiger partial charge is 0.0959 e. The van der Waals surface area contributed by atoms with Crippen LogP contribution in [0.15, 0.2) is 41.8 Å². The Labute approximate surface area is 154 Å². The molecule has 3 aromatic rings. The molecule has 2 heterocycles. The van der Waals surface area contributed by atoms with Crippen LogP contribution < -0.4 is 0 Å². The summed E-state index contributed by atoms with van der Waals surface area (Å²) in [5, 5.41) is 8.89. The molecule has 0 aliphatic heterocycles. The highest BCUT2D eigenvalue weighted by Gasteiger charge is 2.12. The lowest BCUT2D eigenvalue weighted by Crippen LogP contribution is -1.94. The van der Waals surface area contributed by atoms with E-state index in [9.17, 15) is 0 Å². The number of aromatic amines is 1. The molecule has 1 N–H and O–H groups in total. The van der Waals surface area contributed by atoms with E-state index in [4.69, 9.17) is 0 Å². The molecule has 0 spiro atoms. The van der Waals surface area contributed by atoms with Crippen LogP contribution >= 0.6 is 0 Å². The maximum absolute atomic E-state index is 4.65. The first-order valence-electron chi connectivity index (χ1n) is 9.30. The SMILES string of the molecule is CCCCN=C(C)/C=C(\CC)c1n[nH]c2ccc(-c3cncn3C)cc12. The van der Waals surface area contributed by atoms with Gasteiger partial charge in [-0.1, -0.05) is 26.3 Å². The van der Waals surface area contributed by atoms with Gasteiger partial charge in [0.25, 0.3) is 0 Å². The summed E-state index contributed by atoms with van der Waals surface area (Å²) < 4.78 is 2.03. The van der Waals surface area contributed by atoms with E-state index in [1.165, 1.54) is 12.0 Å². The molecular formula is C21H27N5. The fourth-order valence-electron chi connectivity index (χ4n) is 3.10. The third kappa shape index (κ3) is 3.77. The number of aliphatic imine (C=N–C) groups is 1. The number of nitrogens with zero attached hydrogens (tertiary/aromatic N) is 4. The monoisotopic (exact) mass is 349 g/mol. The second-order valence-corrected chi connectivity index (χ2v) is 6.62. The zero-order chi connectivity index (χ0) is 18.5. The Balaban J connectivity index is 2.00.